The van der Waals surface area contributed by atoms with Gasteiger partial charge in [-0.3, -0.25) is 0 Å². The minimum absolute atomic E-state index is 0.468. The fourth-order valence-electron chi connectivity index (χ4n) is 0.938. The van der Waals surface area contributed by atoms with Crippen LogP contribution in [0.2, 0.25) is 0 Å². The Morgan fingerprint density at radius 1 is 1.56 bits per heavy atom. The molecule has 0 aromatic rings. The molecular weight excluding hydrogens is 130 g/mol. The lowest BCUT2D eigenvalue weighted by molar-refractivity contribution is 0.514. The molecule has 0 heterocycles. The highest BCUT2D eigenvalue weighted by Gasteiger charge is 2.08. The Labute approximate surface area is 63.6 Å². The molecule has 2 atom stereocenters. The molecule has 0 aliphatic rings. The molecule has 0 saturated heterocycles. The van der Waals surface area contributed by atoms with Gasteiger partial charge in [-0.2, -0.15) is 12.6 Å². The van der Waals surface area contributed by atoms with Gasteiger partial charge in [-0.1, -0.05) is 20.3 Å². The number of hydrogen-bond acceptors (Lipinski definition) is 2. The van der Waals surface area contributed by atoms with Gasteiger partial charge in [-0.15, -0.1) is 0 Å². The van der Waals surface area contributed by atoms with Crippen molar-refractivity contribution in [2.75, 3.05) is 7.05 Å². The summed E-state index contributed by atoms with van der Waals surface area (Å²) in [4.78, 5) is 0. The Bertz CT molecular complexity index is 63.9. The fourth-order valence-corrected chi connectivity index (χ4v) is 1.24. The molecule has 0 rings (SSSR count). The van der Waals surface area contributed by atoms with E-state index >= 15 is 0 Å². The molecule has 1 nitrogen and oxygen atoms in total. The van der Waals surface area contributed by atoms with E-state index in [1.54, 1.807) is 0 Å². The predicted octanol–water partition coefficient (Wildman–Crippen LogP) is 1.69. The molecule has 56 valence electrons. The molecule has 1 N–H and O–H groups in total. The van der Waals surface area contributed by atoms with E-state index in [0.29, 0.717) is 11.3 Å². The number of hydrogen-bond donors (Lipinski definition) is 2. The van der Waals surface area contributed by atoms with Gasteiger partial charge in [0.2, 0.25) is 0 Å². The van der Waals surface area contributed by atoms with E-state index in [-0.39, 0.29) is 0 Å². The summed E-state index contributed by atoms with van der Waals surface area (Å²) in [6.07, 6.45) is 2.46. The average Bonchev–Trinajstić information content (AvgIpc) is 1.82. The van der Waals surface area contributed by atoms with Crippen molar-refractivity contribution in [1.29, 1.82) is 0 Å². The number of nitrogens with one attached hydrogen (secondary N) is 1. The molecule has 0 fully saturated rings. The van der Waals surface area contributed by atoms with Gasteiger partial charge in [0, 0.05) is 11.3 Å². The first-order chi connectivity index (χ1) is 4.22. The maximum Gasteiger partial charge on any atom is 0.0178 e. The van der Waals surface area contributed by atoms with Crippen LogP contribution in [0.1, 0.15) is 26.7 Å². The molecule has 0 radical (unpaired) electrons. The van der Waals surface area contributed by atoms with E-state index in [1.165, 1.54) is 12.8 Å². The van der Waals surface area contributed by atoms with Crippen LogP contribution in [0.25, 0.3) is 0 Å². The molecule has 0 aromatic carbocycles. The number of rotatable bonds is 4. The van der Waals surface area contributed by atoms with Gasteiger partial charge in [-0.05, 0) is 13.5 Å². The predicted molar refractivity (Wildman–Crippen MR) is 46.2 cm³/mol. The van der Waals surface area contributed by atoms with Crippen LogP contribution in [0.5, 0.6) is 0 Å². The van der Waals surface area contributed by atoms with Gasteiger partial charge < -0.3 is 5.32 Å². The van der Waals surface area contributed by atoms with Crippen LogP contribution in [0.15, 0.2) is 0 Å². The molecule has 0 amide bonds. The van der Waals surface area contributed by atoms with Crippen LogP contribution < -0.4 is 5.32 Å². The van der Waals surface area contributed by atoms with Crippen molar-refractivity contribution in [2.45, 2.75) is 38.0 Å². The van der Waals surface area contributed by atoms with Crippen molar-refractivity contribution in [3.05, 3.63) is 0 Å². The van der Waals surface area contributed by atoms with Crippen LogP contribution in [-0.2, 0) is 0 Å². The second kappa shape index (κ2) is 5.12. The molecule has 9 heavy (non-hydrogen) atoms. The molecule has 0 saturated carbocycles. The third-order valence-corrected chi connectivity index (χ3v) is 1.91. The Morgan fingerprint density at radius 2 is 2.11 bits per heavy atom. The standard InChI is InChI=1S/C7H17NS/c1-4-5-7(8-3)6(2)9/h6-9H,4-5H2,1-3H3. The Hall–Kier alpha value is 0.310. The zero-order valence-electron chi connectivity index (χ0n) is 6.52. The van der Waals surface area contributed by atoms with Gasteiger partial charge >= 0.3 is 0 Å². The third-order valence-electron chi connectivity index (χ3n) is 1.55. The molecule has 0 spiro atoms. The minimum Gasteiger partial charge on any atom is -0.316 e. The summed E-state index contributed by atoms with van der Waals surface area (Å²) in [7, 11) is 1.99. The van der Waals surface area contributed by atoms with Crippen LogP contribution in [-0.4, -0.2) is 18.3 Å². The lowest BCUT2D eigenvalue weighted by atomic mass is 10.1. The van der Waals surface area contributed by atoms with Gasteiger partial charge in [0.1, 0.15) is 0 Å². The van der Waals surface area contributed by atoms with Crippen molar-refractivity contribution in [3.63, 3.8) is 0 Å². The minimum atomic E-state index is 0.468. The highest BCUT2D eigenvalue weighted by Crippen LogP contribution is 2.06. The average molecular weight is 147 g/mol. The summed E-state index contributed by atoms with van der Waals surface area (Å²) in [5.41, 5.74) is 0. The lowest BCUT2D eigenvalue weighted by Gasteiger charge is -2.17. The molecule has 2 unspecified atom stereocenters. The SMILES string of the molecule is CCCC(NC)C(C)S. The van der Waals surface area contributed by atoms with Gasteiger partial charge in [-0.25, -0.2) is 0 Å². The van der Waals surface area contributed by atoms with E-state index < -0.39 is 0 Å². The van der Waals surface area contributed by atoms with E-state index in [1.807, 2.05) is 7.05 Å². The molecule has 2 heteroatoms. The molecular formula is C7H17NS. The molecule has 0 aliphatic heterocycles. The summed E-state index contributed by atoms with van der Waals surface area (Å²) >= 11 is 4.34. The second-order valence-electron chi connectivity index (χ2n) is 2.42. The first-order valence-corrected chi connectivity index (χ1v) is 4.09. The van der Waals surface area contributed by atoms with Gasteiger partial charge in [0.05, 0.1) is 0 Å². The fraction of sp³-hybridized carbons (Fsp3) is 1.00. The monoisotopic (exact) mass is 147 g/mol. The molecule has 0 bridgehead atoms. The van der Waals surface area contributed by atoms with Crippen LogP contribution >= 0.6 is 12.6 Å². The normalized spacial score (nSPS) is 17.3. The van der Waals surface area contributed by atoms with Crippen molar-refractivity contribution in [2.24, 2.45) is 0 Å². The number of thiol groups is 1. The Morgan fingerprint density at radius 3 is 2.22 bits per heavy atom. The van der Waals surface area contributed by atoms with Crippen molar-refractivity contribution >= 4 is 12.6 Å². The maximum atomic E-state index is 4.34. The lowest BCUT2D eigenvalue weighted by Crippen LogP contribution is -2.32. The maximum absolute atomic E-state index is 4.34. The highest BCUT2D eigenvalue weighted by atomic mass is 32.1. The largest absolute Gasteiger partial charge is 0.316 e. The zero-order valence-corrected chi connectivity index (χ0v) is 7.41. The highest BCUT2D eigenvalue weighted by molar-refractivity contribution is 7.81. The quantitative estimate of drug-likeness (QED) is 0.577. The van der Waals surface area contributed by atoms with Crippen molar-refractivity contribution < 1.29 is 0 Å². The van der Waals surface area contributed by atoms with E-state index in [9.17, 15) is 0 Å². The van der Waals surface area contributed by atoms with Crippen LogP contribution in [0.4, 0.5) is 0 Å². The van der Waals surface area contributed by atoms with Crippen molar-refractivity contribution in [1.82, 2.24) is 5.32 Å². The van der Waals surface area contributed by atoms with Crippen LogP contribution in [0, 0.1) is 0 Å². The topological polar surface area (TPSA) is 12.0 Å². The summed E-state index contributed by atoms with van der Waals surface area (Å²) < 4.78 is 0. The van der Waals surface area contributed by atoms with Crippen molar-refractivity contribution in [3.8, 4) is 0 Å². The van der Waals surface area contributed by atoms with Gasteiger partial charge in [0.15, 0.2) is 0 Å². The second-order valence-corrected chi connectivity index (χ2v) is 3.24. The van der Waals surface area contributed by atoms with E-state index in [0.717, 1.165) is 0 Å². The zero-order chi connectivity index (χ0) is 7.28. The Kier molecular flexibility index (Phi) is 5.30. The third kappa shape index (κ3) is 3.82. The smallest absolute Gasteiger partial charge is 0.0178 e. The molecule has 0 aromatic heterocycles. The summed E-state index contributed by atoms with van der Waals surface area (Å²) in [6, 6.07) is 0.582. The molecule has 0 aliphatic carbocycles. The van der Waals surface area contributed by atoms with Gasteiger partial charge in [0.25, 0.3) is 0 Å². The van der Waals surface area contributed by atoms with E-state index in [4.69, 9.17) is 0 Å². The summed E-state index contributed by atoms with van der Waals surface area (Å²) in [6.45, 7) is 4.32. The van der Waals surface area contributed by atoms with Crippen LogP contribution in [0.3, 0.4) is 0 Å². The summed E-state index contributed by atoms with van der Waals surface area (Å²) in [5, 5.41) is 3.69. The van der Waals surface area contributed by atoms with E-state index in [2.05, 4.69) is 31.8 Å². The Balaban J connectivity index is 3.41. The first kappa shape index (κ1) is 9.31. The first-order valence-electron chi connectivity index (χ1n) is 3.57. The summed E-state index contributed by atoms with van der Waals surface area (Å²) in [5.74, 6) is 0.